The number of anilines is 2. The summed E-state index contributed by atoms with van der Waals surface area (Å²) in [5.74, 6) is 0.226. The van der Waals surface area contributed by atoms with Crippen LogP contribution in [0, 0.1) is 20.8 Å². The summed E-state index contributed by atoms with van der Waals surface area (Å²) >= 11 is 1.27. The van der Waals surface area contributed by atoms with E-state index in [-0.39, 0.29) is 28.1 Å². The van der Waals surface area contributed by atoms with Crippen LogP contribution in [0.4, 0.5) is 11.5 Å². The lowest BCUT2D eigenvalue weighted by atomic mass is 10.1. The molecule has 1 heterocycles. The highest BCUT2D eigenvalue weighted by Gasteiger charge is 2.30. The number of nitrogen functional groups attached to an aromatic ring is 1. The Morgan fingerprint density at radius 1 is 1.13 bits per heavy atom. The molecule has 7 nitrogen and oxygen atoms in total. The summed E-state index contributed by atoms with van der Waals surface area (Å²) in [6.45, 7) is 7.48. The number of nitrogens with zero attached hydrogens (tertiary/aromatic N) is 2. The summed E-state index contributed by atoms with van der Waals surface area (Å²) in [6, 6.07) is 12.2. The largest absolute Gasteiger partial charge is 0.383 e. The number of aromatic nitrogens is 2. The van der Waals surface area contributed by atoms with Gasteiger partial charge in [-0.3, -0.25) is 4.79 Å². The van der Waals surface area contributed by atoms with E-state index in [1.807, 2.05) is 45.9 Å². The number of thioether (sulfide) groups is 1. The average molecular weight is 459 g/mol. The van der Waals surface area contributed by atoms with Crippen LogP contribution in [0.15, 0.2) is 57.3 Å². The maximum atomic E-state index is 13.3. The predicted molar refractivity (Wildman–Crippen MR) is 124 cm³/mol. The molecule has 31 heavy (non-hydrogen) atoms. The smallest absolute Gasteiger partial charge is 0.246 e. The molecule has 0 fully saturated rings. The molecule has 3 N–H and O–H groups in total. The molecule has 0 bridgehead atoms. The van der Waals surface area contributed by atoms with Crippen molar-refractivity contribution in [2.45, 2.75) is 49.1 Å². The van der Waals surface area contributed by atoms with Crippen LogP contribution in [0.5, 0.6) is 0 Å². The van der Waals surface area contributed by atoms with Gasteiger partial charge in [-0.2, -0.15) is 5.10 Å². The number of benzene rings is 2. The van der Waals surface area contributed by atoms with E-state index in [0.29, 0.717) is 16.5 Å². The van der Waals surface area contributed by atoms with Crippen molar-refractivity contribution in [3.8, 4) is 0 Å². The number of hydrogen-bond donors (Lipinski definition) is 2. The van der Waals surface area contributed by atoms with Crippen molar-refractivity contribution in [3.63, 3.8) is 0 Å². The first kappa shape index (κ1) is 22.9. The molecule has 1 aromatic heterocycles. The topological polar surface area (TPSA) is 107 Å². The SMILES string of the molecule is CCSc1nn(CC(=O)Nc2cccc(C)c2C)c(N)c1S(=O)(=O)c1ccc(C)cc1. The maximum absolute atomic E-state index is 13.3. The van der Waals surface area contributed by atoms with Gasteiger partial charge in [-0.05, 0) is 55.9 Å². The van der Waals surface area contributed by atoms with Crippen LogP contribution in [-0.2, 0) is 21.2 Å². The number of amides is 1. The van der Waals surface area contributed by atoms with Gasteiger partial charge in [0, 0.05) is 5.69 Å². The number of rotatable bonds is 7. The molecule has 3 rings (SSSR count). The molecule has 0 aliphatic heterocycles. The van der Waals surface area contributed by atoms with Crippen LogP contribution in [0.25, 0.3) is 0 Å². The van der Waals surface area contributed by atoms with E-state index in [9.17, 15) is 13.2 Å². The molecule has 0 aliphatic carbocycles. The number of nitrogens with two attached hydrogens (primary N) is 1. The molecule has 0 saturated heterocycles. The minimum Gasteiger partial charge on any atom is -0.383 e. The van der Waals surface area contributed by atoms with Gasteiger partial charge in [-0.15, -0.1) is 11.8 Å². The summed E-state index contributed by atoms with van der Waals surface area (Å²) in [5, 5.41) is 7.49. The van der Waals surface area contributed by atoms with Gasteiger partial charge in [0.2, 0.25) is 15.7 Å². The van der Waals surface area contributed by atoms with Gasteiger partial charge in [-0.1, -0.05) is 36.8 Å². The first-order valence-corrected chi connectivity index (χ1v) is 12.3. The lowest BCUT2D eigenvalue weighted by molar-refractivity contribution is -0.116. The van der Waals surface area contributed by atoms with Gasteiger partial charge in [0.05, 0.1) is 4.90 Å². The standard InChI is InChI=1S/C22H26N4O3S2/c1-5-30-22-20(31(28,29)17-11-9-14(2)10-12-17)21(23)26(25-22)13-19(27)24-18-8-6-7-15(3)16(18)4/h6-12H,5,13,23H2,1-4H3,(H,24,27). The Hall–Kier alpha value is -2.78. The van der Waals surface area contributed by atoms with Gasteiger partial charge in [0.15, 0.2) is 0 Å². The highest BCUT2D eigenvalue weighted by Crippen LogP contribution is 2.35. The Morgan fingerprint density at radius 2 is 1.81 bits per heavy atom. The van der Waals surface area contributed by atoms with E-state index in [1.165, 1.54) is 16.4 Å². The maximum Gasteiger partial charge on any atom is 0.246 e. The zero-order valence-corrected chi connectivity index (χ0v) is 19.6. The molecule has 3 aromatic rings. The van der Waals surface area contributed by atoms with E-state index >= 15 is 0 Å². The Labute approximate surface area is 187 Å². The fraction of sp³-hybridized carbons (Fsp3) is 0.273. The minimum absolute atomic E-state index is 0.0485. The molecule has 0 radical (unpaired) electrons. The number of hydrogen-bond acceptors (Lipinski definition) is 6. The molecule has 2 aromatic carbocycles. The zero-order chi connectivity index (χ0) is 22.8. The molecule has 0 aliphatic rings. The Balaban J connectivity index is 1.95. The summed E-state index contributed by atoms with van der Waals surface area (Å²) in [7, 11) is -3.89. The van der Waals surface area contributed by atoms with Crippen molar-refractivity contribution in [1.29, 1.82) is 0 Å². The molecule has 0 atom stereocenters. The second kappa shape index (κ2) is 9.15. The van der Waals surface area contributed by atoms with Crippen molar-refractivity contribution in [2.75, 3.05) is 16.8 Å². The quantitative estimate of drug-likeness (QED) is 0.519. The zero-order valence-electron chi connectivity index (χ0n) is 18.0. The molecule has 9 heteroatoms. The highest BCUT2D eigenvalue weighted by molar-refractivity contribution is 8.00. The highest BCUT2D eigenvalue weighted by atomic mass is 32.2. The van der Waals surface area contributed by atoms with Crippen LogP contribution >= 0.6 is 11.8 Å². The van der Waals surface area contributed by atoms with E-state index in [2.05, 4.69) is 10.4 Å². The van der Waals surface area contributed by atoms with Crippen molar-refractivity contribution in [3.05, 3.63) is 59.2 Å². The van der Waals surface area contributed by atoms with Crippen LogP contribution < -0.4 is 11.1 Å². The summed E-state index contributed by atoms with van der Waals surface area (Å²) in [5.41, 5.74) is 9.89. The summed E-state index contributed by atoms with van der Waals surface area (Å²) in [6.07, 6.45) is 0. The molecule has 164 valence electrons. The van der Waals surface area contributed by atoms with Gasteiger partial charge >= 0.3 is 0 Å². The normalized spacial score (nSPS) is 11.5. The fourth-order valence-corrected chi connectivity index (χ4v) is 5.64. The van der Waals surface area contributed by atoms with Crippen LogP contribution in [-0.4, -0.2) is 29.9 Å². The Kier molecular flexibility index (Phi) is 6.76. The number of sulfone groups is 1. The lowest BCUT2D eigenvalue weighted by Crippen LogP contribution is -2.21. The van der Waals surface area contributed by atoms with Gasteiger partial charge < -0.3 is 11.1 Å². The molecule has 0 unspecified atom stereocenters. The fourth-order valence-electron chi connectivity index (χ4n) is 3.09. The third-order valence-corrected chi connectivity index (χ3v) is 7.78. The Bertz CT molecular complexity index is 1220. The third-order valence-electron chi connectivity index (χ3n) is 4.97. The van der Waals surface area contributed by atoms with E-state index in [1.54, 1.807) is 24.3 Å². The van der Waals surface area contributed by atoms with Gasteiger partial charge in [-0.25, -0.2) is 13.1 Å². The number of aryl methyl sites for hydroxylation is 2. The molecule has 1 amide bonds. The predicted octanol–water partition coefficient (Wildman–Crippen LogP) is 3.97. The van der Waals surface area contributed by atoms with E-state index in [4.69, 9.17) is 5.73 Å². The average Bonchev–Trinajstić information content (AvgIpc) is 3.01. The summed E-state index contributed by atoms with van der Waals surface area (Å²) in [4.78, 5) is 12.7. The van der Waals surface area contributed by atoms with Crippen molar-refractivity contribution in [2.24, 2.45) is 0 Å². The third kappa shape index (κ3) is 4.77. The van der Waals surface area contributed by atoms with Gasteiger partial charge in [0.1, 0.15) is 22.3 Å². The number of carbonyl (C=O) groups is 1. The first-order valence-electron chi connectivity index (χ1n) is 9.82. The van der Waals surface area contributed by atoms with Crippen LogP contribution in [0.1, 0.15) is 23.6 Å². The van der Waals surface area contributed by atoms with Gasteiger partial charge in [0.25, 0.3) is 0 Å². The van der Waals surface area contributed by atoms with Crippen molar-refractivity contribution in [1.82, 2.24) is 9.78 Å². The Morgan fingerprint density at radius 3 is 2.45 bits per heavy atom. The van der Waals surface area contributed by atoms with E-state index in [0.717, 1.165) is 16.7 Å². The monoisotopic (exact) mass is 458 g/mol. The lowest BCUT2D eigenvalue weighted by Gasteiger charge is -2.11. The van der Waals surface area contributed by atoms with E-state index < -0.39 is 9.84 Å². The second-order valence-electron chi connectivity index (χ2n) is 7.22. The molecular weight excluding hydrogens is 432 g/mol. The first-order chi connectivity index (χ1) is 14.6. The number of nitrogens with one attached hydrogen (secondary N) is 1. The second-order valence-corrected chi connectivity index (χ2v) is 10.4. The van der Waals surface area contributed by atoms with Crippen LogP contribution in [0.3, 0.4) is 0 Å². The van der Waals surface area contributed by atoms with Crippen molar-refractivity contribution < 1.29 is 13.2 Å². The molecular formula is C22H26N4O3S2. The molecule has 0 spiro atoms. The van der Waals surface area contributed by atoms with Crippen LogP contribution in [0.2, 0.25) is 0 Å². The molecule has 0 saturated carbocycles. The van der Waals surface area contributed by atoms with Crippen molar-refractivity contribution >= 4 is 39.0 Å². The number of carbonyl (C=O) groups excluding carboxylic acids is 1. The summed E-state index contributed by atoms with van der Waals surface area (Å²) < 4.78 is 27.8. The minimum atomic E-state index is -3.89.